The van der Waals surface area contributed by atoms with Gasteiger partial charge in [-0.1, -0.05) is 20.3 Å². The van der Waals surface area contributed by atoms with E-state index < -0.39 is 11.9 Å². The van der Waals surface area contributed by atoms with Crippen LogP contribution in [0.3, 0.4) is 0 Å². The quantitative estimate of drug-likeness (QED) is 0.674. The van der Waals surface area contributed by atoms with Crippen LogP contribution in [0.1, 0.15) is 20.3 Å². The van der Waals surface area contributed by atoms with E-state index in [1.165, 1.54) is 0 Å². The van der Waals surface area contributed by atoms with Gasteiger partial charge in [0.1, 0.15) is 0 Å². The Morgan fingerprint density at radius 1 is 1.45 bits per heavy atom. The Hall–Kier alpha value is 0.130. The highest BCUT2D eigenvalue weighted by atomic mass is 32.1. The van der Waals surface area contributed by atoms with Gasteiger partial charge in [-0.25, -0.2) is 0 Å². The molecule has 0 aromatic carbocycles. The number of hydrogen-bond acceptors (Lipinski definition) is 2. The van der Waals surface area contributed by atoms with Crippen LogP contribution in [0.5, 0.6) is 0 Å². The summed E-state index contributed by atoms with van der Waals surface area (Å²) in [6, 6.07) is -0.477. The average Bonchev–Trinajstić information content (AvgIpc) is 1.84. The molecule has 5 heteroatoms. The molecule has 0 saturated heterocycles. The Morgan fingerprint density at radius 3 is 1.91 bits per heavy atom. The van der Waals surface area contributed by atoms with Crippen LogP contribution in [0, 0.1) is 5.92 Å². The summed E-state index contributed by atoms with van der Waals surface area (Å²) in [4.78, 5) is 10.4. The van der Waals surface area contributed by atoms with Gasteiger partial charge in [0.15, 0.2) is 0 Å². The minimum atomic E-state index is -0.477. The second kappa shape index (κ2) is 8.23. The van der Waals surface area contributed by atoms with E-state index in [0.29, 0.717) is 0 Å². The monoisotopic (exact) mass is 198 g/mol. The molecule has 0 bridgehead atoms. The molecule has 0 rings (SSSR count). The number of primary amides is 1. The molecule has 0 aromatic rings. The number of rotatable bonds is 3. The molecular formula is C6H18N2OS2. The number of carbonyl (C=O) groups is 1. The van der Waals surface area contributed by atoms with Crippen molar-refractivity contribution in [1.29, 1.82) is 0 Å². The SMILES string of the molecule is CCC(C)[C@H](N)C(N)=O.S.S. The molecule has 0 saturated carbocycles. The van der Waals surface area contributed by atoms with Crippen LogP contribution in [0.4, 0.5) is 0 Å². The summed E-state index contributed by atoms with van der Waals surface area (Å²) in [5.41, 5.74) is 10.3. The van der Waals surface area contributed by atoms with E-state index in [1.807, 2.05) is 13.8 Å². The zero-order chi connectivity index (χ0) is 7.44. The maximum Gasteiger partial charge on any atom is 0.234 e. The lowest BCUT2D eigenvalue weighted by molar-refractivity contribution is -0.120. The van der Waals surface area contributed by atoms with Gasteiger partial charge in [0.25, 0.3) is 0 Å². The van der Waals surface area contributed by atoms with Crippen molar-refractivity contribution in [2.24, 2.45) is 17.4 Å². The lowest BCUT2D eigenvalue weighted by atomic mass is 10.00. The summed E-state index contributed by atoms with van der Waals surface area (Å²) < 4.78 is 0. The molecule has 0 aliphatic rings. The molecule has 0 radical (unpaired) electrons. The fourth-order valence-corrected chi connectivity index (χ4v) is 0.534. The van der Waals surface area contributed by atoms with Crippen LogP contribution < -0.4 is 11.5 Å². The predicted octanol–water partition coefficient (Wildman–Crippen LogP) is 0.0707. The van der Waals surface area contributed by atoms with E-state index in [2.05, 4.69) is 0 Å². The van der Waals surface area contributed by atoms with Crippen LogP contribution in [0.25, 0.3) is 0 Å². The van der Waals surface area contributed by atoms with E-state index in [-0.39, 0.29) is 32.9 Å². The summed E-state index contributed by atoms with van der Waals surface area (Å²) in [5.74, 6) is -0.216. The third-order valence-electron chi connectivity index (χ3n) is 1.59. The first-order chi connectivity index (χ1) is 4.09. The third kappa shape index (κ3) is 6.52. The van der Waals surface area contributed by atoms with Crippen molar-refractivity contribution in [3.8, 4) is 0 Å². The normalized spacial score (nSPS) is 13.7. The molecule has 0 spiro atoms. The molecule has 0 aromatic heterocycles. The summed E-state index contributed by atoms with van der Waals surface area (Å²) in [5, 5.41) is 0. The molecule has 2 atom stereocenters. The zero-order valence-corrected chi connectivity index (χ0v) is 8.92. The van der Waals surface area contributed by atoms with Crippen molar-refractivity contribution in [3.63, 3.8) is 0 Å². The molecule has 70 valence electrons. The van der Waals surface area contributed by atoms with Gasteiger partial charge in [-0.2, -0.15) is 27.0 Å². The summed E-state index contributed by atoms with van der Waals surface area (Å²) >= 11 is 0. The highest BCUT2D eigenvalue weighted by Gasteiger charge is 2.15. The topological polar surface area (TPSA) is 69.1 Å². The second-order valence-electron chi connectivity index (χ2n) is 2.31. The summed E-state index contributed by atoms with van der Waals surface area (Å²) in [6.07, 6.45) is 0.893. The number of carbonyl (C=O) groups excluding carboxylic acids is 1. The summed E-state index contributed by atoms with van der Waals surface area (Å²) in [6.45, 7) is 3.89. The second-order valence-corrected chi connectivity index (χ2v) is 2.31. The molecule has 11 heavy (non-hydrogen) atoms. The van der Waals surface area contributed by atoms with Crippen LogP contribution in [-0.4, -0.2) is 11.9 Å². The number of hydrogen-bond donors (Lipinski definition) is 2. The molecule has 4 N–H and O–H groups in total. The Morgan fingerprint density at radius 2 is 1.82 bits per heavy atom. The first kappa shape index (κ1) is 17.3. The van der Waals surface area contributed by atoms with Gasteiger partial charge in [0.2, 0.25) is 5.91 Å². The fraction of sp³-hybridized carbons (Fsp3) is 0.833. The largest absolute Gasteiger partial charge is 0.368 e. The van der Waals surface area contributed by atoms with Gasteiger partial charge in [-0.05, 0) is 5.92 Å². The van der Waals surface area contributed by atoms with Gasteiger partial charge < -0.3 is 11.5 Å². The van der Waals surface area contributed by atoms with Crippen LogP contribution >= 0.6 is 27.0 Å². The summed E-state index contributed by atoms with van der Waals surface area (Å²) in [7, 11) is 0. The molecular weight excluding hydrogens is 180 g/mol. The Labute approximate surface area is 81.8 Å². The molecule has 1 unspecified atom stereocenters. The zero-order valence-electron chi connectivity index (χ0n) is 6.92. The highest BCUT2D eigenvalue weighted by molar-refractivity contribution is 7.59. The fourth-order valence-electron chi connectivity index (χ4n) is 0.534. The maximum absolute atomic E-state index is 10.4. The number of amides is 1. The first-order valence-corrected chi connectivity index (χ1v) is 3.14. The smallest absolute Gasteiger partial charge is 0.234 e. The van der Waals surface area contributed by atoms with Crippen molar-refractivity contribution >= 4 is 32.9 Å². The van der Waals surface area contributed by atoms with Gasteiger partial charge in [-0.15, -0.1) is 0 Å². The van der Waals surface area contributed by atoms with Crippen molar-refractivity contribution in [3.05, 3.63) is 0 Å². The maximum atomic E-state index is 10.4. The van der Waals surface area contributed by atoms with Crippen molar-refractivity contribution < 1.29 is 4.79 Å². The minimum absolute atomic E-state index is 0. The van der Waals surface area contributed by atoms with Crippen molar-refractivity contribution in [2.75, 3.05) is 0 Å². The van der Waals surface area contributed by atoms with E-state index >= 15 is 0 Å². The lowest BCUT2D eigenvalue weighted by Crippen LogP contribution is -2.41. The standard InChI is InChI=1S/C6H14N2O.2H2S/c1-3-4(2)5(7)6(8)9;;/h4-5H,3,7H2,1-2H3,(H2,8,9);2*1H2/t4?,5-;;/m0../s1. The van der Waals surface area contributed by atoms with E-state index in [0.717, 1.165) is 6.42 Å². The van der Waals surface area contributed by atoms with Gasteiger partial charge in [0, 0.05) is 0 Å². The molecule has 0 fully saturated rings. The molecule has 0 heterocycles. The van der Waals surface area contributed by atoms with E-state index in [1.54, 1.807) is 0 Å². The van der Waals surface area contributed by atoms with Crippen LogP contribution in [0.2, 0.25) is 0 Å². The average molecular weight is 198 g/mol. The highest BCUT2D eigenvalue weighted by Crippen LogP contribution is 2.03. The van der Waals surface area contributed by atoms with Gasteiger partial charge in [-0.3, -0.25) is 4.79 Å². The van der Waals surface area contributed by atoms with Crippen LogP contribution in [0.15, 0.2) is 0 Å². The Bertz CT molecular complexity index is 111. The predicted molar refractivity (Wildman–Crippen MR) is 57.4 cm³/mol. The van der Waals surface area contributed by atoms with Crippen molar-refractivity contribution in [1.82, 2.24) is 0 Å². The van der Waals surface area contributed by atoms with Gasteiger partial charge in [0.05, 0.1) is 6.04 Å². The van der Waals surface area contributed by atoms with Crippen molar-refractivity contribution in [2.45, 2.75) is 26.3 Å². The Kier molecular flexibility index (Phi) is 12.9. The minimum Gasteiger partial charge on any atom is -0.368 e. The van der Waals surface area contributed by atoms with E-state index in [9.17, 15) is 4.79 Å². The van der Waals surface area contributed by atoms with Gasteiger partial charge >= 0.3 is 0 Å². The molecule has 0 aliphatic carbocycles. The number of nitrogens with two attached hydrogens (primary N) is 2. The van der Waals surface area contributed by atoms with Crippen LogP contribution in [-0.2, 0) is 4.79 Å². The third-order valence-corrected chi connectivity index (χ3v) is 1.59. The van der Waals surface area contributed by atoms with E-state index in [4.69, 9.17) is 11.5 Å². The first-order valence-electron chi connectivity index (χ1n) is 3.14. The molecule has 1 amide bonds. The lowest BCUT2D eigenvalue weighted by Gasteiger charge is -2.13. The molecule has 0 aliphatic heterocycles. The molecule has 3 nitrogen and oxygen atoms in total. The Balaban J connectivity index is -0.000000320.